The molecule has 0 spiro atoms. The lowest BCUT2D eigenvalue weighted by Crippen LogP contribution is -2.47. The molecule has 3 aromatic rings. The van der Waals surface area contributed by atoms with Crippen LogP contribution in [0.5, 0.6) is 17.2 Å². The van der Waals surface area contributed by atoms with E-state index in [1.165, 1.54) is 24.3 Å². The van der Waals surface area contributed by atoms with Gasteiger partial charge in [-0.25, -0.2) is 12.8 Å². The highest BCUT2D eigenvalue weighted by molar-refractivity contribution is 7.92. The van der Waals surface area contributed by atoms with Crippen molar-refractivity contribution in [2.24, 2.45) is 5.92 Å². The number of anilines is 1. The molecule has 0 radical (unpaired) electrons. The van der Waals surface area contributed by atoms with Gasteiger partial charge in [-0.15, -0.1) is 0 Å². The number of carbonyl (C=O) groups excluding carboxylic acids is 1. The Morgan fingerprint density at radius 1 is 1.02 bits per heavy atom. The number of aliphatic hydroxyl groups excluding tert-OH is 1. The average molecular weight is 700 g/mol. The molecule has 2 heterocycles. The third-order valence-corrected chi connectivity index (χ3v) is 10.2. The van der Waals surface area contributed by atoms with E-state index in [1.54, 1.807) is 17.9 Å². The predicted molar refractivity (Wildman–Crippen MR) is 183 cm³/mol. The number of rotatable bonds is 9. The van der Waals surface area contributed by atoms with Gasteiger partial charge < -0.3 is 29.0 Å². The first kappa shape index (κ1) is 36.4. The van der Waals surface area contributed by atoms with E-state index in [2.05, 4.69) is 9.62 Å². The Kier molecular flexibility index (Phi) is 12.0. The lowest BCUT2D eigenvalue weighted by molar-refractivity contribution is -0.0177. The minimum Gasteiger partial charge on any atom is -0.490 e. The zero-order valence-electron chi connectivity index (χ0n) is 28.4. The van der Waals surface area contributed by atoms with E-state index in [9.17, 15) is 22.7 Å². The maximum atomic E-state index is 14.4. The Morgan fingerprint density at radius 3 is 2.51 bits per heavy atom. The fourth-order valence-electron chi connectivity index (χ4n) is 6.00. The molecule has 0 saturated heterocycles. The van der Waals surface area contributed by atoms with Gasteiger partial charge in [0.15, 0.2) is 11.5 Å². The summed E-state index contributed by atoms with van der Waals surface area (Å²) in [6, 6.07) is 14.4. The number of nitrogens with one attached hydrogen (secondary N) is 1. The molecule has 0 aliphatic carbocycles. The summed E-state index contributed by atoms with van der Waals surface area (Å²) >= 11 is 0. The van der Waals surface area contributed by atoms with Crippen molar-refractivity contribution in [2.75, 3.05) is 44.9 Å². The van der Waals surface area contributed by atoms with Crippen LogP contribution in [-0.4, -0.2) is 87.6 Å². The molecule has 266 valence electrons. The number of likely N-dealkylation sites (N-methyl/N-ethyl adjacent to an activating group) is 1. The lowest BCUT2D eigenvalue weighted by Gasteiger charge is -2.36. The van der Waals surface area contributed by atoms with Gasteiger partial charge in [0, 0.05) is 37.8 Å². The van der Waals surface area contributed by atoms with Gasteiger partial charge in [0.1, 0.15) is 11.6 Å². The summed E-state index contributed by atoms with van der Waals surface area (Å²) in [5.41, 5.74) is 1.38. The number of benzene rings is 3. The molecule has 49 heavy (non-hydrogen) atoms. The largest absolute Gasteiger partial charge is 0.490 e. The second kappa shape index (κ2) is 16.2. The highest BCUT2D eigenvalue weighted by Crippen LogP contribution is 2.33. The number of hydrogen-bond acceptors (Lipinski definition) is 9. The summed E-state index contributed by atoms with van der Waals surface area (Å²) in [5.74, 6) is 0.671. The summed E-state index contributed by atoms with van der Waals surface area (Å²) in [5, 5.41) is 10.2. The van der Waals surface area contributed by atoms with Gasteiger partial charge in [-0.1, -0.05) is 13.0 Å². The summed E-state index contributed by atoms with van der Waals surface area (Å²) in [6.07, 6.45) is 1.93. The topological polar surface area (TPSA) is 127 Å². The number of amides is 1. The van der Waals surface area contributed by atoms with Crippen molar-refractivity contribution in [1.82, 2.24) is 9.80 Å². The molecule has 5 rings (SSSR count). The van der Waals surface area contributed by atoms with Crippen molar-refractivity contribution in [3.63, 3.8) is 0 Å². The Hall–Kier alpha value is -3.91. The Balaban J connectivity index is 1.40. The fraction of sp³-hybridized carbons (Fsp3) is 0.472. The van der Waals surface area contributed by atoms with Gasteiger partial charge in [0.25, 0.3) is 15.9 Å². The molecule has 0 aromatic heterocycles. The quantitative estimate of drug-likeness (QED) is 0.307. The highest BCUT2D eigenvalue weighted by atomic mass is 32.2. The number of sulfonamides is 1. The maximum absolute atomic E-state index is 14.4. The monoisotopic (exact) mass is 699 g/mol. The zero-order chi connectivity index (χ0) is 35.1. The number of hydrogen-bond donors (Lipinski definition) is 2. The summed E-state index contributed by atoms with van der Waals surface area (Å²) in [7, 11) is -2.06. The van der Waals surface area contributed by atoms with Crippen molar-refractivity contribution >= 4 is 21.6 Å². The summed E-state index contributed by atoms with van der Waals surface area (Å²) in [6.45, 7) is 7.72. The second-order valence-electron chi connectivity index (χ2n) is 13.0. The Morgan fingerprint density at radius 2 is 1.76 bits per heavy atom. The maximum Gasteiger partial charge on any atom is 0.261 e. The zero-order valence-corrected chi connectivity index (χ0v) is 29.2. The Bertz CT molecular complexity index is 1690. The van der Waals surface area contributed by atoms with E-state index in [0.717, 1.165) is 48.5 Å². The van der Waals surface area contributed by atoms with Gasteiger partial charge in [0.05, 0.1) is 35.3 Å². The molecule has 0 bridgehead atoms. The van der Waals surface area contributed by atoms with Crippen LogP contribution in [0.2, 0.25) is 0 Å². The normalized spacial score (nSPS) is 21.1. The smallest absolute Gasteiger partial charge is 0.261 e. The van der Waals surface area contributed by atoms with Crippen LogP contribution in [-0.2, 0) is 21.3 Å². The number of ether oxygens (including phenoxy) is 4. The first-order chi connectivity index (χ1) is 23.4. The molecule has 11 nitrogen and oxygen atoms in total. The van der Waals surface area contributed by atoms with Crippen LogP contribution in [0.1, 0.15) is 56.0 Å². The third kappa shape index (κ3) is 9.41. The molecular weight excluding hydrogens is 653 g/mol. The van der Waals surface area contributed by atoms with E-state index >= 15 is 0 Å². The molecule has 2 aliphatic rings. The van der Waals surface area contributed by atoms with Gasteiger partial charge in [-0.3, -0.25) is 14.4 Å². The van der Waals surface area contributed by atoms with Gasteiger partial charge >= 0.3 is 0 Å². The van der Waals surface area contributed by atoms with Gasteiger partial charge in [0.2, 0.25) is 6.79 Å². The number of fused-ring (bicyclic) bond motifs is 2. The van der Waals surface area contributed by atoms with Crippen LogP contribution in [0.3, 0.4) is 0 Å². The molecule has 1 amide bonds. The van der Waals surface area contributed by atoms with E-state index < -0.39 is 27.8 Å². The molecule has 4 atom stereocenters. The van der Waals surface area contributed by atoms with E-state index in [-0.39, 0.29) is 54.2 Å². The van der Waals surface area contributed by atoms with E-state index in [4.69, 9.17) is 18.9 Å². The van der Waals surface area contributed by atoms with E-state index in [1.807, 2.05) is 39.1 Å². The summed E-state index contributed by atoms with van der Waals surface area (Å²) < 4.78 is 65.9. The number of nitrogens with zero attached hydrogens (tertiary/aromatic N) is 2. The van der Waals surface area contributed by atoms with Crippen molar-refractivity contribution in [3.8, 4) is 17.2 Å². The Labute approximate surface area is 288 Å². The molecule has 2 N–H and O–H groups in total. The fourth-order valence-corrected chi connectivity index (χ4v) is 7.05. The average Bonchev–Trinajstić information content (AvgIpc) is 3.54. The van der Waals surface area contributed by atoms with Crippen molar-refractivity contribution in [3.05, 3.63) is 77.6 Å². The molecule has 3 aromatic carbocycles. The SMILES string of the molecule is C[C@@H]1CN([C@H](C)CO)C(=O)c2cc(NS(=O)(=O)c3ccc(F)cc3)ccc2O[C@@H](C)CCCCO[C@H]1CN(C)Cc1ccc2c(c1)OCO2. The number of carbonyl (C=O) groups is 1. The minimum absolute atomic E-state index is 0.121. The molecule has 0 fully saturated rings. The standard InChI is InChI=1S/C36H46FN3O8S/c1-24-19-40(25(2)22-41)36(42)31-18-29(38-49(43,44)30-12-9-28(37)10-13-30)11-15-32(31)48-26(3)7-5-6-16-45-35(24)21-39(4)20-27-8-14-33-34(17-27)47-23-46-33/h8-15,17-18,24-26,35,38,41H,5-7,16,19-23H2,1-4H3/t24-,25-,26+,35+/m1/s1. The first-order valence-electron chi connectivity index (χ1n) is 16.6. The van der Waals surface area contributed by atoms with Crippen molar-refractivity contribution in [2.45, 2.75) is 69.7 Å². The molecule has 2 aliphatic heterocycles. The van der Waals surface area contributed by atoms with Crippen LogP contribution in [0.25, 0.3) is 0 Å². The van der Waals surface area contributed by atoms with Crippen LogP contribution in [0.4, 0.5) is 10.1 Å². The molecular formula is C36H46FN3O8S. The highest BCUT2D eigenvalue weighted by Gasteiger charge is 2.31. The van der Waals surface area contributed by atoms with Crippen LogP contribution < -0.4 is 18.9 Å². The van der Waals surface area contributed by atoms with Crippen molar-refractivity contribution in [1.29, 1.82) is 0 Å². The minimum atomic E-state index is -4.08. The summed E-state index contributed by atoms with van der Waals surface area (Å²) in [4.78, 5) is 18.0. The van der Waals surface area contributed by atoms with Crippen molar-refractivity contribution < 1.29 is 41.7 Å². The van der Waals surface area contributed by atoms with Crippen LogP contribution in [0, 0.1) is 11.7 Å². The van der Waals surface area contributed by atoms with Gasteiger partial charge in [-0.2, -0.15) is 0 Å². The molecule has 0 unspecified atom stereocenters. The van der Waals surface area contributed by atoms with Gasteiger partial charge in [-0.05, 0) is 100 Å². The van der Waals surface area contributed by atoms with Crippen LogP contribution in [0.15, 0.2) is 65.6 Å². The van der Waals surface area contributed by atoms with Crippen LogP contribution >= 0.6 is 0 Å². The molecule has 0 saturated carbocycles. The lowest BCUT2D eigenvalue weighted by atomic mass is 10.0. The number of aliphatic hydroxyl groups is 1. The first-order valence-corrected chi connectivity index (χ1v) is 18.1. The predicted octanol–water partition coefficient (Wildman–Crippen LogP) is 5.28. The van der Waals surface area contributed by atoms with E-state index in [0.29, 0.717) is 25.4 Å². The number of halogens is 1. The third-order valence-electron chi connectivity index (χ3n) is 8.81. The second-order valence-corrected chi connectivity index (χ2v) is 14.6. The molecule has 13 heteroatoms.